The number of halogens is 1. The number of hydrogen-bond acceptors (Lipinski definition) is 3. The maximum absolute atomic E-state index is 6.60. The number of alkyl halides is 1. The van der Waals surface area contributed by atoms with Gasteiger partial charge in [0, 0.05) is 18.1 Å². The van der Waals surface area contributed by atoms with Crippen LogP contribution in [0.1, 0.15) is 133 Å². The quantitative estimate of drug-likeness (QED) is 0.115. The first-order valence-corrected chi connectivity index (χ1v) is 16.1. The van der Waals surface area contributed by atoms with Crippen LogP contribution in [0.3, 0.4) is 0 Å². The average molecular weight is 516 g/mol. The minimum Gasteiger partial charge on any atom is -0.328 e. The zero-order valence-electron chi connectivity index (χ0n) is 25.4. The molecule has 1 saturated heterocycles. The molecule has 8 unspecified atom stereocenters. The Morgan fingerprint density at radius 3 is 2.09 bits per heavy atom. The van der Waals surface area contributed by atoms with E-state index in [2.05, 4.69) is 72.5 Å². The van der Waals surface area contributed by atoms with Crippen LogP contribution >= 0.6 is 11.6 Å². The maximum atomic E-state index is 6.60. The minimum absolute atomic E-state index is 0.261. The van der Waals surface area contributed by atoms with Crippen molar-refractivity contribution < 1.29 is 0 Å². The first-order valence-electron chi connectivity index (χ1n) is 15.5. The molecule has 0 aromatic carbocycles. The summed E-state index contributed by atoms with van der Waals surface area (Å²) >= 11 is 6.43. The zero-order valence-corrected chi connectivity index (χ0v) is 26.2. The van der Waals surface area contributed by atoms with Crippen molar-refractivity contribution in [2.45, 2.75) is 151 Å². The number of rotatable bonds is 17. The van der Waals surface area contributed by atoms with Gasteiger partial charge in [-0.05, 0) is 88.6 Å². The molecule has 212 valence electrons. The molecule has 1 rings (SSSR count). The van der Waals surface area contributed by atoms with E-state index >= 15 is 0 Å². The van der Waals surface area contributed by atoms with Crippen molar-refractivity contribution in [2.75, 3.05) is 19.1 Å². The smallest absolute Gasteiger partial charge is 0.0743 e. The molecule has 1 aliphatic rings. The van der Waals surface area contributed by atoms with Crippen LogP contribution < -0.4 is 11.1 Å². The van der Waals surface area contributed by atoms with Crippen LogP contribution in [0, 0.1) is 29.6 Å². The molecule has 1 fully saturated rings. The fraction of sp³-hybridized carbons (Fsp3) is 1.00. The lowest BCUT2D eigenvalue weighted by Crippen LogP contribution is -2.55. The zero-order chi connectivity index (χ0) is 26.8. The first kappa shape index (κ1) is 35.2. The summed E-state index contributed by atoms with van der Waals surface area (Å²) in [4.78, 5) is 2.57. The van der Waals surface area contributed by atoms with Gasteiger partial charge in [0.2, 0.25) is 0 Å². The summed E-state index contributed by atoms with van der Waals surface area (Å²) in [7, 11) is 0. The van der Waals surface area contributed by atoms with E-state index < -0.39 is 0 Å². The third kappa shape index (κ3) is 12.5. The summed E-state index contributed by atoms with van der Waals surface area (Å²) in [5.74, 6) is 3.65. The molecule has 35 heavy (non-hydrogen) atoms. The fourth-order valence-corrected chi connectivity index (χ4v) is 6.90. The molecule has 3 N–H and O–H groups in total. The van der Waals surface area contributed by atoms with Crippen LogP contribution in [0.25, 0.3) is 0 Å². The molecular weight excluding hydrogens is 450 g/mol. The van der Waals surface area contributed by atoms with Crippen molar-refractivity contribution in [3.8, 4) is 0 Å². The van der Waals surface area contributed by atoms with E-state index in [0.717, 1.165) is 19.0 Å². The molecule has 0 radical (unpaired) electrons. The van der Waals surface area contributed by atoms with Gasteiger partial charge in [-0.15, -0.1) is 11.6 Å². The summed E-state index contributed by atoms with van der Waals surface area (Å²) in [5, 5.41) is 3.73. The number of nitrogens with zero attached hydrogens (tertiary/aromatic N) is 1. The molecule has 0 bridgehead atoms. The lowest BCUT2D eigenvalue weighted by Gasteiger charge is -2.51. The number of nitrogens with one attached hydrogen (secondary N) is 1. The van der Waals surface area contributed by atoms with E-state index in [-0.39, 0.29) is 6.04 Å². The monoisotopic (exact) mass is 515 g/mol. The van der Waals surface area contributed by atoms with Crippen molar-refractivity contribution >= 4 is 11.6 Å². The Morgan fingerprint density at radius 1 is 0.943 bits per heavy atom. The summed E-state index contributed by atoms with van der Waals surface area (Å²) in [6.45, 7) is 23.0. The summed E-state index contributed by atoms with van der Waals surface area (Å²) in [5.41, 5.74) is 6.60. The van der Waals surface area contributed by atoms with E-state index in [4.69, 9.17) is 17.3 Å². The van der Waals surface area contributed by atoms with Gasteiger partial charge in [-0.25, -0.2) is 0 Å². The predicted octanol–water partition coefficient (Wildman–Crippen LogP) is 8.69. The van der Waals surface area contributed by atoms with Crippen LogP contribution in [-0.4, -0.2) is 42.1 Å². The van der Waals surface area contributed by atoms with Crippen molar-refractivity contribution in [3.63, 3.8) is 0 Å². The predicted molar refractivity (Wildman–Crippen MR) is 160 cm³/mol. The third-order valence-electron chi connectivity index (χ3n) is 8.90. The van der Waals surface area contributed by atoms with E-state index in [1.54, 1.807) is 0 Å². The van der Waals surface area contributed by atoms with Crippen LogP contribution in [0.15, 0.2) is 0 Å². The van der Waals surface area contributed by atoms with Gasteiger partial charge >= 0.3 is 0 Å². The van der Waals surface area contributed by atoms with E-state index in [1.165, 1.54) is 70.6 Å². The second-order valence-corrected chi connectivity index (χ2v) is 11.9. The molecule has 0 aromatic heterocycles. The van der Waals surface area contributed by atoms with Crippen molar-refractivity contribution in [1.82, 2.24) is 10.2 Å². The Kier molecular flexibility index (Phi) is 21.2. The van der Waals surface area contributed by atoms with Gasteiger partial charge in [-0.3, -0.25) is 4.90 Å². The molecule has 0 aromatic rings. The molecule has 0 saturated carbocycles. The van der Waals surface area contributed by atoms with E-state index in [0.29, 0.717) is 41.8 Å². The molecule has 4 heteroatoms. The second kappa shape index (κ2) is 21.1. The largest absolute Gasteiger partial charge is 0.328 e. The highest BCUT2D eigenvalue weighted by atomic mass is 35.5. The number of likely N-dealkylation sites (tertiary alicyclic amines) is 1. The van der Waals surface area contributed by atoms with Gasteiger partial charge in [0.05, 0.1) is 6.00 Å². The fourth-order valence-electron chi connectivity index (χ4n) is 6.49. The van der Waals surface area contributed by atoms with Crippen LogP contribution in [-0.2, 0) is 0 Å². The molecule has 0 aliphatic carbocycles. The Hall–Kier alpha value is 0.170. The summed E-state index contributed by atoms with van der Waals surface area (Å²) in [6, 6.07) is 2.11. The Bertz CT molecular complexity index is 472. The van der Waals surface area contributed by atoms with Crippen molar-refractivity contribution in [1.29, 1.82) is 0 Å². The van der Waals surface area contributed by atoms with Gasteiger partial charge in [0.25, 0.3) is 0 Å². The van der Waals surface area contributed by atoms with Crippen molar-refractivity contribution in [2.24, 2.45) is 35.3 Å². The molecular formula is C31H66ClN3. The molecule has 0 amide bonds. The molecule has 3 nitrogen and oxygen atoms in total. The third-order valence-corrected chi connectivity index (χ3v) is 9.17. The number of piperidine rings is 1. The van der Waals surface area contributed by atoms with E-state index in [1.807, 2.05) is 0 Å². The number of nitrogens with two attached hydrogens (primary N) is 1. The van der Waals surface area contributed by atoms with Gasteiger partial charge < -0.3 is 11.1 Å². The number of unbranched alkanes of at least 4 members (excludes halogenated alkanes) is 1. The Balaban J connectivity index is 0.00000124. The minimum atomic E-state index is 0.261. The highest BCUT2D eigenvalue weighted by Gasteiger charge is 2.43. The molecule has 8 atom stereocenters. The van der Waals surface area contributed by atoms with E-state index in [9.17, 15) is 0 Å². The molecule has 0 spiro atoms. The lowest BCUT2D eigenvalue weighted by molar-refractivity contribution is -0.0108. The van der Waals surface area contributed by atoms with Gasteiger partial charge in [0.15, 0.2) is 0 Å². The van der Waals surface area contributed by atoms with Crippen LogP contribution in [0.4, 0.5) is 0 Å². The van der Waals surface area contributed by atoms with Crippen molar-refractivity contribution in [3.05, 3.63) is 0 Å². The summed E-state index contributed by atoms with van der Waals surface area (Å²) in [6.07, 6.45) is 14.2. The van der Waals surface area contributed by atoms with Crippen LogP contribution in [0.2, 0.25) is 0 Å². The molecule has 1 heterocycles. The first-order chi connectivity index (χ1) is 16.8. The Morgan fingerprint density at radius 2 is 1.63 bits per heavy atom. The van der Waals surface area contributed by atoms with Gasteiger partial charge in [-0.2, -0.15) is 0 Å². The van der Waals surface area contributed by atoms with Crippen LogP contribution in [0.5, 0.6) is 0 Å². The number of hydrogen-bond donors (Lipinski definition) is 2. The standard InChI is InChI=1S/C23H48ClN3.C8H18/c1-7-11-20(18(6)25)23(19(9-3)15-26-14-8-2)21-13-12-17(5)27(16-24)22(21)10-4;1-4-6-7-8(3)5-2/h17-23,26H,7-16,25H2,1-6H3;8H,4-7H2,1-3H3. The summed E-state index contributed by atoms with van der Waals surface area (Å²) < 4.78 is 0. The van der Waals surface area contributed by atoms with Gasteiger partial charge in [-0.1, -0.05) is 87.0 Å². The maximum Gasteiger partial charge on any atom is 0.0743 e. The average Bonchev–Trinajstić information content (AvgIpc) is 2.86. The highest BCUT2D eigenvalue weighted by Crippen LogP contribution is 2.44. The SMILES string of the molecule is CCCCC(C)CC.CCCNCC(CC)C(C(CCC)C(C)N)C1CCC(C)N(CCl)C1CC. The topological polar surface area (TPSA) is 41.3 Å². The normalized spacial score (nSPS) is 25.3. The van der Waals surface area contributed by atoms with Gasteiger partial charge in [0.1, 0.15) is 0 Å². The Labute approximate surface area is 227 Å². The molecule has 1 aliphatic heterocycles. The second-order valence-electron chi connectivity index (χ2n) is 11.6. The highest BCUT2D eigenvalue weighted by molar-refractivity contribution is 6.17. The lowest BCUT2D eigenvalue weighted by atomic mass is 9.63.